The van der Waals surface area contributed by atoms with Crippen LogP contribution in [0.3, 0.4) is 0 Å². The number of carbonyl (C=O) groups excluding carboxylic acids is 1. The molecule has 0 bridgehead atoms. The van der Waals surface area contributed by atoms with E-state index in [2.05, 4.69) is 9.71 Å². The first-order valence-corrected chi connectivity index (χ1v) is 11.9. The molecule has 0 amide bonds. The Morgan fingerprint density at radius 2 is 1.76 bits per heavy atom. The van der Waals surface area contributed by atoms with Gasteiger partial charge >= 0.3 is 5.97 Å². The third-order valence-electron chi connectivity index (χ3n) is 4.69. The molecule has 0 atom stereocenters. The van der Waals surface area contributed by atoms with Crippen LogP contribution in [0.1, 0.15) is 40.9 Å². The van der Waals surface area contributed by atoms with Crippen LogP contribution in [0.2, 0.25) is 0 Å². The van der Waals surface area contributed by atoms with Gasteiger partial charge in [0, 0.05) is 6.20 Å². The van der Waals surface area contributed by atoms with Crippen molar-refractivity contribution in [1.82, 2.24) is 4.98 Å². The van der Waals surface area contributed by atoms with E-state index in [1.54, 1.807) is 55.5 Å². The molecule has 1 heterocycles. The number of rotatable bonds is 8. The average Bonchev–Trinajstić information content (AvgIpc) is 2.78. The Labute approximate surface area is 193 Å². The fourth-order valence-corrected chi connectivity index (χ4v) is 3.95. The van der Waals surface area contributed by atoms with Crippen molar-refractivity contribution in [2.24, 2.45) is 5.92 Å². The second-order valence-corrected chi connectivity index (χ2v) is 9.63. The molecule has 0 spiro atoms. The van der Waals surface area contributed by atoms with Crippen LogP contribution >= 0.6 is 0 Å². The van der Waals surface area contributed by atoms with Gasteiger partial charge in [0.15, 0.2) is 0 Å². The van der Waals surface area contributed by atoms with Gasteiger partial charge in [0.05, 0.1) is 11.5 Å². The van der Waals surface area contributed by atoms with Gasteiger partial charge in [0.2, 0.25) is 0 Å². The predicted octanol–water partition coefficient (Wildman–Crippen LogP) is 4.88. The lowest BCUT2D eigenvalue weighted by atomic mass is 10.1. The van der Waals surface area contributed by atoms with E-state index in [4.69, 9.17) is 4.74 Å². The number of carbonyl (C=O) groups is 1. The molecular formula is C25H26N2O5S. The number of aromatic nitrogens is 1. The lowest BCUT2D eigenvalue weighted by Gasteiger charge is -2.09. The fourth-order valence-electron chi connectivity index (χ4n) is 2.87. The number of nitrogens with zero attached hydrogens (tertiary/aromatic N) is 1. The van der Waals surface area contributed by atoms with Crippen LogP contribution in [-0.2, 0) is 14.8 Å². The summed E-state index contributed by atoms with van der Waals surface area (Å²) in [6.07, 6.45) is 5.07. The Hall–Kier alpha value is -3.65. The van der Waals surface area contributed by atoms with Crippen molar-refractivity contribution in [3.8, 4) is 5.75 Å². The summed E-state index contributed by atoms with van der Waals surface area (Å²) >= 11 is 0. The van der Waals surface area contributed by atoms with E-state index in [1.165, 1.54) is 24.4 Å². The van der Waals surface area contributed by atoms with Gasteiger partial charge in [0.1, 0.15) is 17.1 Å². The number of esters is 1. The molecule has 172 valence electrons. The zero-order valence-corrected chi connectivity index (χ0v) is 19.5. The Bertz CT molecular complexity index is 1270. The maximum absolute atomic E-state index is 12.6. The molecule has 0 saturated heterocycles. The summed E-state index contributed by atoms with van der Waals surface area (Å²) < 4.78 is 33.0. The van der Waals surface area contributed by atoms with E-state index in [-0.39, 0.29) is 34.6 Å². The number of hydrogen-bond acceptors (Lipinski definition) is 6. The molecule has 2 aromatic carbocycles. The number of phenolic OH excluding ortho intramolecular Hbond substituents is 1. The molecule has 0 fully saturated rings. The fraction of sp³-hybridized carbons (Fsp3) is 0.200. The van der Waals surface area contributed by atoms with Crippen molar-refractivity contribution in [1.29, 1.82) is 0 Å². The molecule has 33 heavy (non-hydrogen) atoms. The summed E-state index contributed by atoms with van der Waals surface area (Å²) in [5.74, 6) is -0.251. The molecule has 3 rings (SSSR count). The van der Waals surface area contributed by atoms with Crippen molar-refractivity contribution in [3.63, 3.8) is 0 Å². The Balaban J connectivity index is 1.73. The highest BCUT2D eigenvalue weighted by Crippen LogP contribution is 2.22. The molecule has 0 radical (unpaired) electrons. The number of benzene rings is 2. The van der Waals surface area contributed by atoms with Crippen molar-refractivity contribution < 1.29 is 23.1 Å². The monoisotopic (exact) mass is 466 g/mol. The molecule has 0 aliphatic rings. The van der Waals surface area contributed by atoms with E-state index in [0.717, 1.165) is 11.1 Å². The number of phenols is 1. The smallest absolute Gasteiger partial charge is 0.341 e. The van der Waals surface area contributed by atoms with E-state index in [1.807, 2.05) is 13.8 Å². The Morgan fingerprint density at radius 3 is 2.42 bits per heavy atom. The first-order valence-electron chi connectivity index (χ1n) is 10.4. The highest BCUT2D eigenvalue weighted by molar-refractivity contribution is 7.92. The van der Waals surface area contributed by atoms with Gasteiger partial charge in [-0.1, -0.05) is 50.3 Å². The molecule has 3 aromatic rings. The van der Waals surface area contributed by atoms with Crippen LogP contribution in [0.25, 0.3) is 12.2 Å². The van der Waals surface area contributed by atoms with Crippen LogP contribution < -0.4 is 4.72 Å². The number of hydrogen-bond donors (Lipinski definition) is 2. The van der Waals surface area contributed by atoms with E-state index >= 15 is 0 Å². The molecule has 2 N–H and O–H groups in total. The third kappa shape index (κ3) is 6.43. The summed E-state index contributed by atoms with van der Waals surface area (Å²) in [5.41, 5.74) is 2.27. The largest absolute Gasteiger partial charge is 0.507 e. The van der Waals surface area contributed by atoms with Gasteiger partial charge in [-0.25, -0.2) is 18.2 Å². The van der Waals surface area contributed by atoms with Gasteiger partial charge in [-0.2, -0.15) is 0 Å². The zero-order valence-electron chi connectivity index (χ0n) is 18.6. The summed E-state index contributed by atoms with van der Waals surface area (Å²) in [5, 5.41) is 9.99. The van der Waals surface area contributed by atoms with Crippen molar-refractivity contribution in [3.05, 3.63) is 83.0 Å². The van der Waals surface area contributed by atoms with Gasteiger partial charge in [-0.05, 0) is 59.9 Å². The van der Waals surface area contributed by atoms with Crippen LogP contribution in [0.15, 0.2) is 65.7 Å². The number of nitrogens with one attached hydrogen (secondary N) is 1. The molecular weight excluding hydrogens is 440 g/mol. The summed E-state index contributed by atoms with van der Waals surface area (Å²) in [7, 11) is -3.77. The summed E-state index contributed by atoms with van der Waals surface area (Å²) in [6.45, 7) is 5.90. The van der Waals surface area contributed by atoms with Crippen LogP contribution in [0.5, 0.6) is 5.75 Å². The third-order valence-corrected chi connectivity index (χ3v) is 6.04. The quantitative estimate of drug-likeness (QED) is 0.362. The second-order valence-electron chi connectivity index (χ2n) is 7.95. The minimum absolute atomic E-state index is 0.0927. The molecule has 0 unspecified atom stereocenters. The van der Waals surface area contributed by atoms with Gasteiger partial charge < -0.3 is 9.84 Å². The standard InChI is InChI=1S/C25H26N2O5S/c1-17(2)16-32-25(29)22-15-20(10-13-23(22)28)7-6-19-8-11-21(12-9-19)33(30,31)27-24-18(3)5-4-14-26-24/h4-15,17,28H,16H2,1-3H3,(H,26,27). The second kappa shape index (κ2) is 10.3. The molecule has 8 heteroatoms. The van der Waals surface area contributed by atoms with E-state index < -0.39 is 16.0 Å². The maximum Gasteiger partial charge on any atom is 0.341 e. The van der Waals surface area contributed by atoms with Gasteiger partial charge in [0.25, 0.3) is 10.0 Å². The number of aromatic hydroxyl groups is 1. The highest BCUT2D eigenvalue weighted by atomic mass is 32.2. The minimum Gasteiger partial charge on any atom is -0.507 e. The Kier molecular flexibility index (Phi) is 7.50. The average molecular weight is 467 g/mol. The lowest BCUT2D eigenvalue weighted by Crippen LogP contribution is -2.14. The number of aryl methyl sites for hydroxylation is 1. The first-order chi connectivity index (χ1) is 15.7. The highest BCUT2D eigenvalue weighted by Gasteiger charge is 2.16. The molecule has 1 aromatic heterocycles. The van der Waals surface area contributed by atoms with Crippen LogP contribution in [0.4, 0.5) is 5.82 Å². The molecule has 0 aliphatic carbocycles. The molecule has 0 saturated carbocycles. The number of sulfonamides is 1. The maximum atomic E-state index is 12.6. The van der Waals surface area contributed by atoms with E-state index in [9.17, 15) is 18.3 Å². The summed E-state index contributed by atoms with van der Waals surface area (Å²) in [4.78, 5) is 16.4. The van der Waals surface area contributed by atoms with Crippen LogP contribution in [-0.4, -0.2) is 31.1 Å². The van der Waals surface area contributed by atoms with Crippen molar-refractivity contribution in [2.45, 2.75) is 25.7 Å². The number of anilines is 1. The molecule has 0 aliphatic heterocycles. The topological polar surface area (TPSA) is 106 Å². The molecule has 7 nitrogen and oxygen atoms in total. The minimum atomic E-state index is -3.77. The Morgan fingerprint density at radius 1 is 1.09 bits per heavy atom. The first kappa shape index (κ1) is 24.0. The SMILES string of the molecule is Cc1cccnc1NS(=O)(=O)c1ccc(C=Cc2ccc(O)c(C(=O)OCC(C)C)c2)cc1. The lowest BCUT2D eigenvalue weighted by molar-refractivity contribution is 0.0455. The number of pyridine rings is 1. The van der Waals surface area contributed by atoms with Crippen molar-refractivity contribution >= 4 is 34.0 Å². The van der Waals surface area contributed by atoms with Gasteiger partial charge in [-0.15, -0.1) is 0 Å². The van der Waals surface area contributed by atoms with E-state index in [0.29, 0.717) is 5.56 Å². The van der Waals surface area contributed by atoms with Crippen molar-refractivity contribution in [2.75, 3.05) is 11.3 Å². The number of ether oxygens (including phenoxy) is 1. The predicted molar refractivity (Wildman–Crippen MR) is 128 cm³/mol. The zero-order chi connectivity index (χ0) is 24.0. The normalized spacial score (nSPS) is 11.6. The van der Waals surface area contributed by atoms with Gasteiger partial charge in [-0.3, -0.25) is 4.72 Å². The summed E-state index contributed by atoms with van der Waals surface area (Å²) in [6, 6.07) is 14.5. The van der Waals surface area contributed by atoms with Crippen LogP contribution in [0, 0.1) is 12.8 Å².